The van der Waals surface area contributed by atoms with E-state index in [0.717, 1.165) is 12.8 Å². The summed E-state index contributed by atoms with van der Waals surface area (Å²) in [4.78, 5) is 12.4. The van der Waals surface area contributed by atoms with Crippen molar-refractivity contribution >= 4 is 5.97 Å². The molecule has 0 spiro atoms. The van der Waals surface area contributed by atoms with Crippen molar-refractivity contribution in [1.29, 1.82) is 0 Å². The van der Waals surface area contributed by atoms with E-state index in [-0.39, 0.29) is 5.92 Å². The Morgan fingerprint density at radius 3 is 1.19 bits per heavy atom. The highest BCUT2D eigenvalue weighted by atomic mass is 16.4. The lowest BCUT2D eigenvalue weighted by atomic mass is 9.76. The zero-order chi connectivity index (χ0) is 23.6. The lowest BCUT2D eigenvalue weighted by Gasteiger charge is -2.45. The Hall–Kier alpha value is -0.570. The minimum Gasteiger partial charge on any atom is -0.477 e. The molecule has 0 saturated carbocycles. The molecule has 0 aromatic carbocycles. The lowest BCUT2D eigenvalue weighted by Crippen LogP contribution is -2.64. The molecule has 0 saturated heterocycles. The molecule has 186 valence electrons. The fourth-order valence-electron chi connectivity index (χ4n) is 4.94. The maximum atomic E-state index is 12.4. The number of carboxylic acid groups (broad SMARTS) is 1. The minimum atomic E-state index is -0.707. The first-order valence-corrected chi connectivity index (χ1v) is 13.8. The summed E-state index contributed by atoms with van der Waals surface area (Å²) < 4.78 is 0.501. The van der Waals surface area contributed by atoms with Crippen LogP contribution in [0.5, 0.6) is 0 Å². The van der Waals surface area contributed by atoms with E-state index in [1.807, 2.05) is 6.92 Å². The van der Waals surface area contributed by atoms with Gasteiger partial charge in [-0.2, -0.15) is 0 Å². The maximum absolute atomic E-state index is 12.4. The fraction of sp³-hybridized carbons (Fsp3) is 0.964. The SMILES string of the molecule is CCCCCCCCCCCC(CCCCCCCCCC)C(C)(C(=O)O)[N+](C)(C)C. The van der Waals surface area contributed by atoms with Crippen molar-refractivity contribution in [2.45, 2.75) is 148 Å². The van der Waals surface area contributed by atoms with Gasteiger partial charge in [0, 0.05) is 12.8 Å². The number of carboxylic acids is 1. The van der Waals surface area contributed by atoms with Crippen LogP contribution in [0.4, 0.5) is 0 Å². The van der Waals surface area contributed by atoms with E-state index in [0.29, 0.717) is 4.48 Å². The molecule has 0 radical (unpaired) electrons. The normalized spacial score (nSPS) is 15.0. The van der Waals surface area contributed by atoms with E-state index >= 15 is 0 Å². The van der Waals surface area contributed by atoms with Crippen LogP contribution in [0.25, 0.3) is 0 Å². The van der Waals surface area contributed by atoms with Gasteiger partial charge in [0.1, 0.15) is 0 Å². The highest BCUT2D eigenvalue weighted by Gasteiger charge is 2.51. The van der Waals surface area contributed by atoms with Gasteiger partial charge < -0.3 is 9.59 Å². The van der Waals surface area contributed by atoms with E-state index in [9.17, 15) is 9.90 Å². The van der Waals surface area contributed by atoms with Crippen LogP contribution in [-0.4, -0.2) is 42.2 Å². The monoisotopic (exact) mass is 440 g/mol. The third-order valence-electron chi connectivity index (χ3n) is 7.68. The Balaban J connectivity index is 4.50. The van der Waals surface area contributed by atoms with Gasteiger partial charge in [0.15, 0.2) is 5.54 Å². The average Bonchev–Trinajstić information content (AvgIpc) is 2.71. The Kier molecular flexibility index (Phi) is 17.6. The maximum Gasteiger partial charge on any atom is 0.365 e. The molecule has 0 rings (SSSR count). The highest BCUT2D eigenvalue weighted by Crippen LogP contribution is 2.36. The largest absolute Gasteiger partial charge is 0.477 e. The number of unbranched alkanes of at least 4 members (excludes halogenated alkanes) is 15. The quantitative estimate of drug-likeness (QED) is 0.135. The summed E-state index contributed by atoms with van der Waals surface area (Å²) in [5.74, 6) is -0.366. The second kappa shape index (κ2) is 17.9. The molecule has 0 heterocycles. The van der Waals surface area contributed by atoms with Crippen molar-refractivity contribution in [2.75, 3.05) is 21.1 Å². The van der Waals surface area contributed by atoms with Crippen LogP contribution in [0, 0.1) is 5.92 Å². The summed E-state index contributed by atoms with van der Waals surface area (Å²) in [7, 11) is 6.18. The number of aliphatic carboxylic acids is 1. The van der Waals surface area contributed by atoms with Crippen molar-refractivity contribution in [3.63, 3.8) is 0 Å². The number of likely N-dealkylation sites (N-methyl/N-ethyl adjacent to an activating group) is 1. The molecular formula is C28H58NO2+. The molecule has 3 heteroatoms. The van der Waals surface area contributed by atoms with E-state index in [1.165, 1.54) is 109 Å². The van der Waals surface area contributed by atoms with Gasteiger partial charge in [-0.05, 0) is 12.8 Å². The van der Waals surface area contributed by atoms with Crippen molar-refractivity contribution in [3.8, 4) is 0 Å². The summed E-state index contributed by atoms with van der Waals surface area (Å²) in [5, 5.41) is 10.2. The van der Waals surface area contributed by atoms with E-state index in [4.69, 9.17) is 0 Å². The molecule has 0 aliphatic carbocycles. The number of hydrogen-bond acceptors (Lipinski definition) is 1. The fourth-order valence-corrected chi connectivity index (χ4v) is 4.94. The van der Waals surface area contributed by atoms with E-state index < -0.39 is 11.5 Å². The third kappa shape index (κ3) is 12.9. The standard InChI is InChI=1S/C28H57NO2/c1-7-9-11-13-15-17-19-21-23-25-26(28(3,27(30)31)29(4,5)6)24-22-20-18-16-14-12-10-8-2/h26H,7-25H2,1-6H3/p+1. The van der Waals surface area contributed by atoms with Crippen molar-refractivity contribution in [1.82, 2.24) is 0 Å². The summed E-state index contributed by atoms with van der Waals surface area (Å²) in [6, 6.07) is 0. The highest BCUT2D eigenvalue weighted by molar-refractivity contribution is 5.77. The Bertz CT molecular complexity index is 429. The average molecular weight is 441 g/mol. The number of carbonyl (C=O) groups is 1. The predicted octanol–water partition coefficient (Wildman–Crippen LogP) is 8.60. The summed E-state index contributed by atoms with van der Waals surface area (Å²) in [6.07, 6.45) is 24.5. The summed E-state index contributed by atoms with van der Waals surface area (Å²) >= 11 is 0. The van der Waals surface area contributed by atoms with Crippen molar-refractivity contribution in [2.24, 2.45) is 5.92 Å². The van der Waals surface area contributed by atoms with Gasteiger partial charge in [0.2, 0.25) is 0 Å². The van der Waals surface area contributed by atoms with Crippen LogP contribution in [0.3, 0.4) is 0 Å². The molecule has 31 heavy (non-hydrogen) atoms. The number of quaternary nitrogens is 1. The lowest BCUT2D eigenvalue weighted by molar-refractivity contribution is -0.916. The number of nitrogens with zero attached hydrogens (tertiary/aromatic N) is 1. The second-order valence-corrected chi connectivity index (χ2v) is 11.0. The molecule has 0 aromatic rings. The Labute approximate surface area is 196 Å². The van der Waals surface area contributed by atoms with Crippen molar-refractivity contribution in [3.05, 3.63) is 0 Å². The van der Waals surface area contributed by atoms with Gasteiger partial charge in [-0.25, -0.2) is 4.79 Å². The van der Waals surface area contributed by atoms with E-state index in [2.05, 4.69) is 35.0 Å². The molecule has 0 bridgehead atoms. The van der Waals surface area contributed by atoms with Crippen molar-refractivity contribution < 1.29 is 14.4 Å². The predicted molar refractivity (Wildman–Crippen MR) is 137 cm³/mol. The Morgan fingerprint density at radius 2 is 0.935 bits per heavy atom. The smallest absolute Gasteiger partial charge is 0.365 e. The van der Waals surface area contributed by atoms with Crippen LogP contribution >= 0.6 is 0 Å². The van der Waals surface area contributed by atoms with E-state index in [1.54, 1.807) is 0 Å². The molecule has 0 fully saturated rings. The molecule has 2 atom stereocenters. The second-order valence-electron chi connectivity index (χ2n) is 11.0. The van der Waals surface area contributed by atoms with Gasteiger partial charge in [0.05, 0.1) is 21.1 Å². The molecule has 1 N–H and O–H groups in total. The summed E-state index contributed by atoms with van der Waals surface area (Å²) in [6.45, 7) is 6.53. The molecular weight excluding hydrogens is 382 g/mol. The number of rotatable bonds is 22. The van der Waals surface area contributed by atoms with Gasteiger partial charge in [-0.3, -0.25) is 0 Å². The Morgan fingerprint density at radius 1 is 0.645 bits per heavy atom. The first kappa shape index (κ1) is 30.4. The van der Waals surface area contributed by atoms with Crippen LogP contribution in [0.1, 0.15) is 143 Å². The van der Waals surface area contributed by atoms with Crippen LogP contribution < -0.4 is 0 Å². The molecule has 0 aromatic heterocycles. The molecule has 0 aliphatic rings. The molecule has 2 unspecified atom stereocenters. The zero-order valence-corrected chi connectivity index (χ0v) is 22.3. The third-order valence-corrected chi connectivity index (χ3v) is 7.68. The first-order valence-electron chi connectivity index (χ1n) is 13.8. The summed E-state index contributed by atoms with van der Waals surface area (Å²) in [5.41, 5.74) is -0.707. The minimum absolute atomic E-state index is 0.259. The van der Waals surface area contributed by atoms with Crippen LogP contribution in [0.15, 0.2) is 0 Å². The first-order chi connectivity index (χ1) is 14.7. The van der Waals surface area contributed by atoms with Gasteiger partial charge in [-0.1, -0.05) is 123 Å². The van der Waals surface area contributed by atoms with Gasteiger partial charge >= 0.3 is 5.97 Å². The molecule has 3 nitrogen and oxygen atoms in total. The molecule has 0 amide bonds. The molecule has 0 aliphatic heterocycles. The van der Waals surface area contributed by atoms with Gasteiger partial charge in [0.25, 0.3) is 0 Å². The number of hydrogen-bond donors (Lipinski definition) is 1. The van der Waals surface area contributed by atoms with Gasteiger partial charge in [-0.15, -0.1) is 0 Å². The van der Waals surface area contributed by atoms with Crippen LogP contribution in [0.2, 0.25) is 0 Å². The van der Waals surface area contributed by atoms with Crippen LogP contribution in [-0.2, 0) is 4.79 Å². The topological polar surface area (TPSA) is 37.3 Å². The zero-order valence-electron chi connectivity index (χ0n) is 22.3.